The molecule has 6 heteroatoms. The molecule has 5 nitrogen and oxygen atoms in total. The summed E-state index contributed by atoms with van der Waals surface area (Å²) >= 11 is 0. The van der Waals surface area contributed by atoms with E-state index < -0.39 is 0 Å². The van der Waals surface area contributed by atoms with Crippen molar-refractivity contribution in [3.8, 4) is 5.97 Å². The number of fused-ring (bicyclic) bond motifs is 1. The molecule has 1 unspecified atom stereocenters. The maximum atomic E-state index is 9.01. The molecule has 2 heterocycles. The maximum absolute atomic E-state index is 9.01. The van der Waals surface area contributed by atoms with Crippen LogP contribution in [0.3, 0.4) is 0 Å². The van der Waals surface area contributed by atoms with Crippen LogP contribution in [-0.4, -0.2) is 29.3 Å². The normalized spacial score (nSPS) is 19.7. The Kier molecular flexibility index (Phi) is 2.82. The molecule has 3 N–H and O–H groups in total. The first-order valence-corrected chi connectivity index (χ1v) is 6.59. The number of rotatable bonds is 1. The van der Waals surface area contributed by atoms with Gasteiger partial charge in [-0.25, -0.2) is 10.2 Å². The Morgan fingerprint density at radius 3 is 3.16 bits per heavy atom. The second kappa shape index (κ2) is 4.50. The van der Waals surface area contributed by atoms with Crippen molar-refractivity contribution in [3.05, 3.63) is 18.2 Å². The summed E-state index contributed by atoms with van der Waals surface area (Å²) < 4.78 is 0. The number of nitrogens with one attached hydrogen (secondary N) is 1. The predicted octanol–water partition coefficient (Wildman–Crippen LogP) is 1.91. The number of hydrogen-bond acceptors (Lipinski definition) is 4. The van der Waals surface area contributed by atoms with Gasteiger partial charge < -0.3 is 15.6 Å². The van der Waals surface area contributed by atoms with Crippen molar-refractivity contribution in [2.45, 2.75) is 25.6 Å². The van der Waals surface area contributed by atoms with E-state index in [0.29, 0.717) is 12.0 Å². The first-order chi connectivity index (χ1) is 9.17. The highest BCUT2D eigenvalue weighted by molar-refractivity contribution is 6.67. The summed E-state index contributed by atoms with van der Waals surface area (Å²) in [5, 5.41) is 9.01. The van der Waals surface area contributed by atoms with Crippen LogP contribution < -0.4 is 10.6 Å². The van der Waals surface area contributed by atoms with Gasteiger partial charge in [-0.05, 0) is 37.8 Å². The van der Waals surface area contributed by atoms with Crippen molar-refractivity contribution in [1.29, 1.82) is 5.26 Å². The fraction of sp³-hybridized carbons (Fsp3) is 0.385. The fourth-order valence-electron chi connectivity index (χ4n) is 2.87. The van der Waals surface area contributed by atoms with Gasteiger partial charge in [0, 0.05) is 24.2 Å². The number of nitrogens with two attached hydrogens (primary N) is 1. The molecule has 0 spiro atoms. The molecule has 19 heavy (non-hydrogen) atoms. The molecule has 2 aromatic rings. The lowest BCUT2D eigenvalue weighted by atomic mass is 9.43. The highest BCUT2D eigenvalue weighted by Crippen LogP contribution is 2.27. The third-order valence-corrected chi connectivity index (χ3v) is 3.87. The predicted molar refractivity (Wildman–Crippen MR) is 78.3 cm³/mol. The van der Waals surface area contributed by atoms with Gasteiger partial charge >= 0.3 is 0 Å². The average molecular weight is 253 g/mol. The number of H-pyrrole nitrogens is 1. The highest BCUT2D eigenvalue weighted by Gasteiger charge is 2.28. The molecule has 3 rings (SSSR count). The van der Waals surface area contributed by atoms with Crippen molar-refractivity contribution in [2.24, 2.45) is 0 Å². The van der Waals surface area contributed by atoms with E-state index in [9.17, 15) is 0 Å². The van der Waals surface area contributed by atoms with Gasteiger partial charge in [0.2, 0.25) is 0 Å². The van der Waals surface area contributed by atoms with E-state index in [1.165, 1.54) is 5.69 Å². The molecule has 0 radical (unpaired) electrons. The van der Waals surface area contributed by atoms with Crippen molar-refractivity contribution in [1.82, 2.24) is 9.97 Å². The van der Waals surface area contributed by atoms with Crippen LogP contribution in [0.4, 0.5) is 11.6 Å². The summed E-state index contributed by atoms with van der Waals surface area (Å²) in [5.74, 6) is 2.83. The van der Waals surface area contributed by atoms with Gasteiger partial charge in [-0.1, -0.05) is 0 Å². The largest absolute Gasteiger partial charge is 0.370 e. The Labute approximate surface area is 112 Å². The molecule has 1 aromatic heterocycles. The number of nitrogen functional groups attached to an aromatic ring is 1. The van der Waals surface area contributed by atoms with Crippen LogP contribution in [-0.2, 0) is 0 Å². The van der Waals surface area contributed by atoms with Crippen molar-refractivity contribution < 1.29 is 0 Å². The number of anilines is 2. The van der Waals surface area contributed by atoms with E-state index in [-0.39, 0.29) is 6.71 Å². The van der Waals surface area contributed by atoms with E-state index in [4.69, 9.17) is 11.0 Å². The number of imidazole rings is 1. The maximum Gasteiger partial charge on any atom is 0.271 e. The Bertz CT molecular complexity index is 644. The zero-order chi connectivity index (χ0) is 13.4. The third-order valence-electron chi connectivity index (χ3n) is 3.87. The lowest BCUT2D eigenvalue weighted by Crippen LogP contribution is -2.43. The van der Waals surface area contributed by atoms with Crippen molar-refractivity contribution in [3.63, 3.8) is 0 Å². The van der Waals surface area contributed by atoms with Gasteiger partial charge in [0.1, 0.15) is 0 Å². The smallest absolute Gasteiger partial charge is 0.271 e. The summed E-state index contributed by atoms with van der Waals surface area (Å²) in [7, 11) is 0. The quantitative estimate of drug-likeness (QED) is 0.760. The summed E-state index contributed by atoms with van der Waals surface area (Å²) in [5.41, 5.74) is 8.69. The Morgan fingerprint density at radius 1 is 1.58 bits per heavy atom. The van der Waals surface area contributed by atoms with Gasteiger partial charge in [-0.2, -0.15) is 0 Å². The molecule has 0 aliphatic carbocycles. The Balaban J connectivity index is 1.89. The van der Waals surface area contributed by atoms with Gasteiger partial charge in [0.25, 0.3) is 6.71 Å². The zero-order valence-corrected chi connectivity index (χ0v) is 10.9. The summed E-state index contributed by atoms with van der Waals surface area (Å²) in [4.78, 5) is 9.62. The summed E-state index contributed by atoms with van der Waals surface area (Å²) in [6.07, 6.45) is 1.86. The molecule has 96 valence electrons. The van der Waals surface area contributed by atoms with Crippen LogP contribution in [0.25, 0.3) is 11.0 Å². The monoisotopic (exact) mass is 253 g/mol. The number of benzene rings is 1. The molecule has 0 bridgehead atoms. The molecule has 1 saturated heterocycles. The van der Waals surface area contributed by atoms with E-state index in [2.05, 4.69) is 39.9 Å². The fourth-order valence-corrected chi connectivity index (χ4v) is 2.87. The lowest BCUT2D eigenvalue weighted by Gasteiger charge is -2.36. The molecule has 1 fully saturated rings. The van der Waals surface area contributed by atoms with E-state index in [1.54, 1.807) is 0 Å². The average Bonchev–Trinajstić information content (AvgIpc) is 2.77. The third kappa shape index (κ3) is 2.12. The minimum absolute atomic E-state index is 0.192. The molecule has 1 aromatic carbocycles. The standard InChI is InChI=1S/C13H16BN5/c1-9-7-14(8-15)4-5-19(9)10-2-3-11-12(6-10)18-13(16)17-11/h2-3,6,9H,4-5,7H2,1H3,(H3,16,17,18). The summed E-state index contributed by atoms with van der Waals surface area (Å²) in [6.45, 7) is 3.29. The highest BCUT2D eigenvalue weighted by atomic mass is 15.2. The van der Waals surface area contributed by atoms with Gasteiger partial charge in [0.15, 0.2) is 5.95 Å². The lowest BCUT2D eigenvalue weighted by molar-refractivity contribution is 0.671. The molecular weight excluding hydrogens is 237 g/mol. The van der Waals surface area contributed by atoms with E-state index in [1.807, 2.05) is 6.07 Å². The van der Waals surface area contributed by atoms with Crippen molar-refractivity contribution >= 4 is 29.4 Å². The van der Waals surface area contributed by atoms with E-state index in [0.717, 1.165) is 30.2 Å². The number of nitriles is 1. The first-order valence-electron chi connectivity index (χ1n) is 6.59. The topological polar surface area (TPSA) is 81.7 Å². The van der Waals surface area contributed by atoms with Crippen LogP contribution in [0, 0.1) is 11.2 Å². The molecule has 1 aliphatic heterocycles. The molecule has 1 aliphatic rings. The van der Waals surface area contributed by atoms with Crippen LogP contribution in [0.1, 0.15) is 6.92 Å². The zero-order valence-electron chi connectivity index (χ0n) is 10.9. The first kappa shape index (κ1) is 11.9. The van der Waals surface area contributed by atoms with Crippen LogP contribution in [0.5, 0.6) is 0 Å². The van der Waals surface area contributed by atoms with Crippen LogP contribution >= 0.6 is 0 Å². The minimum atomic E-state index is 0.192. The molecule has 0 saturated carbocycles. The number of aromatic nitrogens is 2. The number of aromatic amines is 1. The minimum Gasteiger partial charge on any atom is -0.370 e. The van der Waals surface area contributed by atoms with E-state index >= 15 is 0 Å². The summed E-state index contributed by atoms with van der Waals surface area (Å²) in [6, 6.07) is 6.53. The second-order valence-corrected chi connectivity index (χ2v) is 5.22. The van der Waals surface area contributed by atoms with Crippen LogP contribution in [0.2, 0.25) is 12.6 Å². The number of nitrogens with zero attached hydrogens (tertiary/aromatic N) is 3. The number of hydrogen-bond donors (Lipinski definition) is 2. The van der Waals surface area contributed by atoms with Gasteiger partial charge in [-0.15, -0.1) is 0 Å². The SMILES string of the molecule is CC1CB(C#N)CCN1c1ccc2nc(N)[nH]c2c1. The molecule has 1 atom stereocenters. The molecular formula is C13H16BN5. The van der Waals surface area contributed by atoms with Gasteiger partial charge in [-0.3, -0.25) is 0 Å². The van der Waals surface area contributed by atoms with Crippen molar-refractivity contribution in [2.75, 3.05) is 17.2 Å². The van der Waals surface area contributed by atoms with Crippen LogP contribution in [0.15, 0.2) is 18.2 Å². The Hall–Kier alpha value is -2.16. The van der Waals surface area contributed by atoms with Gasteiger partial charge in [0.05, 0.1) is 11.0 Å². The Morgan fingerprint density at radius 2 is 2.42 bits per heavy atom. The second-order valence-electron chi connectivity index (χ2n) is 5.22. The molecule has 0 amide bonds.